The van der Waals surface area contributed by atoms with Gasteiger partial charge in [-0.05, 0) is 17.7 Å². The molecule has 3 aromatic rings. The molecule has 104 valence electrons. The summed E-state index contributed by atoms with van der Waals surface area (Å²) in [7, 11) is 0. The van der Waals surface area contributed by atoms with Crippen LogP contribution in [0.2, 0.25) is 0 Å². The van der Waals surface area contributed by atoms with Gasteiger partial charge in [0.25, 0.3) is 0 Å². The summed E-state index contributed by atoms with van der Waals surface area (Å²) in [5, 5.41) is 13.1. The number of aromatic carboxylic acids is 1. The largest absolute Gasteiger partial charge is 0.478 e. The molecule has 3 rings (SSSR count). The monoisotopic (exact) mass is 279 g/mol. The number of carboxylic acids is 1. The number of nitrogens with zero attached hydrogens (tertiary/aromatic N) is 2. The van der Waals surface area contributed by atoms with Gasteiger partial charge in [-0.15, -0.1) is 0 Å². The molecule has 0 radical (unpaired) electrons. The van der Waals surface area contributed by atoms with Crippen molar-refractivity contribution in [3.63, 3.8) is 0 Å². The second kappa shape index (κ2) is 5.58. The molecule has 1 aromatic heterocycles. The Kier molecular flexibility index (Phi) is 3.47. The van der Waals surface area contributed by atoms with Crippen molar-refractivity contribution >= 4 is 22.7 Å². The number of hydrogen-bond acceptors (Lipinski definition) is 4. The Balaban J connectivity index is 1.96. The quantitative estimate of drug-likeness (QED) is 0.768. The Morgan fingerprint density at radius 2 is 1.86 bits per heavy atom. The molecule has 0 aliphatic heterocycles. The van der Waals surface area contributed by atoms with Gasteiger partial charge in [-0.1, -0.05) is 36.4 Å². The summed E-state index contributed by atoms with van der Waals surface area (Å²) in [5.74, 6) is -0.361. The van der Waals surface area contributed by atoms with Gasteiger partial charge in [0, 0.05) is 11.9 Å². The van der Waals surface area contributed by atoms with Crippen molar-refractivity contribution in [1.82, 2.24) is 9.97 Å². The van der Waals surface area contributed by atoms with Crippen LogP contribution >= 0.6 is 0 Å². The van der Waals surface area contributed by atoms with Crippen LogP contribution in [-0.2, 0) is 6.54 Å². The number of para-hydroxylation sites is 1. The van der Waals surface area contributed by atoms with Gasteiger partial charge in [-0.3, -0.25) is 0 Å². The summed E-state index contributed by atoms with van der Waals surface area (Å²) < 4.78 is 0. The highest BCUT2D eigenvalue weighted by Crippen LogP contribution is 2.22. The molecular formula is C16H13N3O2. The minimum atomic E-state index is -0.992. The summed E-state index contributed by atoms with van der Waals surface area (Å²) >= 11 is 0. The SMILES string of the molecule is O=C(O)c1cccc2c(NCc3ccccc3)ncnc12. The molecule has 0 bridgehead atoms. The molecule has 0 spiro atoms. The van der Waals surface area contributed by atoms with E-state index in [9.17, 15) is 9.90 Å². The Morgan fingerprint density at radius 1 is 1.05 bits per heavy atom. The second-order valence-electron chi connectivity index (χ2n) is 4.57. The first-order valence-electron chi connectivity index (χ1n) is 6.50. The van der Waals surface area contributed by atoms with Gasteiger partial charge in [0.15, 0.2) is 0 Å². The average Bonchev–Trinajstić information content (AvgIpc) is 2.53. The third-order valence-corrected chi connectivity index (χ3v) is 3.20. The molecule has 2 aromatic carbocycles. The van der Waals surface area contributed by atoms with Gasteiger partial charge in [0.2, 0.25) is 0 Å². The molecule has 5 heteroatoms. The molecule has 0 fully saturated rings. The number of anilines is 1. The summed E-state index contributed by atoms with van der Waals surface area (Å²) in [4.78, 5) is 19.5. The van der Waals surface area contributed by atoms with Crippen molar-refractivity contribution in [3.05, 3.63) is 66.0 Å². The number of carbonyl (C=O) groups is 1. The molecular weight excluding hydrogens is 266 g/mol. The lowest BCUT2D eigenvalue weighted by atomic mass is 10.1. The number of nitrogens with one attached hydrogen (secondary N) is 1. The van der Waals surface area contributed by atoms with Gasteiger partial charge in [0.1, 0.15) is 12.1 Å². The molecule has 5 nitrogen and oxygen atoms in total. The summed E-state index contributed by atoms with van der Waals surface area (Å²) in [5.41, 5.74) is 1.74. The van der Waals surface area contributed by atoms with Crippen molar-refractivity contribution in [2.24, 2.45) is 0 Å². The number of benzene rings is 2. The molecule has 0 unspecified atom stereocenters. The standard InChI is InChI=1S/C16H13N3O2/c20-16(21)13-8-4-7-12-14(13)18-10-19-15(12)17-9-11-5-2-1-3-6-11/h1-8,10H,9H2,(H,20,21)(H,17,18,19). The first-order chi connectivity index (χ1) is 10.3. The van der Waals surface area contributed by atoms with Crippen LogP contribution in [0.1, 0.15) is 15.9 Å². The summed E-state index contributed by atoms with van der Waals surface area (Å²) in [6.07, 6.45) is 1.38. The zero-order chi connectivity index (χ0) is 14.7. The van der Waals surface area contributed by atoms with E-state index in [-0.39, 0.29) is 5.56 Å². The van der Waals surface area contributed by atoms with Crippen LogP contribution < -0.4 is 5.32 Å². The minimum absolute atomic E-state index is 0.178. The predicted molar refractivity (Wildman–Crippen MR) is 80.3 cm³/mol. The molecule has 0 aliphatic rings. The van der Waals surface area contributed by atoms with Gasteiger partial charge in [0.05, 0.1) is 11.1 Å². The van der Waals surface area contributed by atoms with Gasteiger partial charge >= 0.3 is 5.97 Å². The van der Waals surface area contributed by atoms with Crippen LogP contribution in [0, 0.1) is 0 Å². The molecule has 0 saturated carbocycles. The van der Waals surface area contributed by atoms with Crippen LogP contribution in [0.4, 0.5) is 5.82 Å². The Hall–Kier alpha value is -2.95. The van der Waals surface area contributed by atoms with E-state index in [1.807, 2.05) is 36.4 Å². The van der Waals surface area contributed by atoms with Crippen LogP contribution in [0.25, 0.3) is 10.9 Å². The fourth-order valence-corrected chi connectivity index (χ4v) is 2.18. The maximum Gasteiger partial charge on any atom is 0.337 e. The van der Waals surface area contributed by atoms with E-state index in [0.717, 1.165) is 5.56 Å². The third-order valence-electron chi connectivity index (χ3n) is 3.20. The molecule has 2 N–H and O–H groups in total. The lowest BCUT2D eigenvalue weighted by Gasteiger charge is -2.09. The molecule has 0 saturated heterocycles. The Morgan fingerprint density at radius 3 is 2.62 bits per heavy atom. The zero-order valence-electron chi connectivity index (χ0n) is 11.2. The first kappa shape index (κ1) is 13.1. The highest BCUT2D eigenvalue weighted by molar-refractivity contribution is 6.04. The first-order valence-corrected chi connectivity index (χ1v) is 6.50. The second-order valence-corrected chi connectivity index (χ2v) is 4.57. The average molecular weight is 279 g/mol. The normalized spacial score (nSPS) is 10.5. The minimum Gasteiger partial charge on any atom is -0.478 e. The fraction of sp³-hybridized carbons (Fsp3) is 0.0625. The maximum absolute atomic E-state index is 11.2. The molecule has 0 aliphatic carbocycles. The number of aromatic nitrogens is 2. The van der Waals surface area contributed by atoms with Crippen molar-refractivity contribution in [2.75, 3.05) is 5.32 Å². The van der Waals surface area contributed by atoms with E-state index in [1.165, 1.54) is 6.33 Å². The van der Waals surface area contributed by atoms with E-state index in [0.29, 0.717) is 23.3 Å². The van der Waals surface area contributed by atoms with Crippen LogP contribution in [0.5, 0.6) is 0 Å². The smallest absolute Gasteiger partial charge is 0.337 e. The topological polar surface area (TPSA) is 75.1 Å². The number of carboxylic acid groups (broad SMARTS) is 1. The van der Waals surface area contributed by atoms with E-state index >= 15 is 0 Å². The Bertz CT molecular complexity index is 788. The van der Waals surface area contributed by atoms with Crippen LogP contribution in [0.15, 0.2) is 54.9 Å². The van der Waals surface area contributed by atoms with E-state index in [2.05, 4.69) is 15.3 Å². The highest BCUT2D eigenvalue weighted by Gasteiger charge is 2.12. The lowest BCUT2D eigenvalue weighted by Crippen LogP contribution is -2.04. The van der Waals surface area contributed by atoms with Crippen molar-refractivity contribution < 1.29 is 9.90 Å². The molecule has 21 heavy (non-hydrogen) atoms. The number of hydrogen-bond donors (Lipinski definition) is 2. The molecule has 0 amide bonds. The molecule has 0 atom stereocenters. The fourth-order valence-electron chi connectivity index (χ4n) is 2.18. The number of rotatable bonds is 4. The third kappa shape index (κ3) is 2.67. The highest BCUT2D eigenvalue weighted by atomic mass is 16.4. The summed E-state index contributed by atoms with van der Waals surface area (Å²) in [6, 6.07) is 15.0. The van der Waals surface area contributed by atoms with Gasteiger partial charge < -0.3 is 10.4 Å². The van der Waals surface area contributed by atoms with Gasteiger partial charge in [-0.25, -0.2) is 14.8 Å². The molecule has 1 heterocycles. The summed E-state index contributed by atoms with van der Waals surface area (Å²) in [6.45, 7) is 0.615. The van der Waals surface area contributed by atoms with Crippen molar-refractivity contribution in [1.29, 1.82) is 0 Å². The van der Waals surface area contributed by atoms with Crippen molar-refractivity contribution in [2.45, 2.75) is 6.54 Å². The van der Waals surface area contributed by atoms with Crippen molar-refractivity contribution in [3.8, 4) is 0 Å². The zero-order valence-corrected chi connectivity index (χ0v) is 11.2. The van der Waals surface area contributed by atoms with E-state index < -0.39 is 5.97 Å². The maximum atomic E-state index is 11.2. The van der Waals surface area contributed by atoms with Crippen LogP contribution in [-0.4, -0.2) is 21.0 Å². The predicted octanol–water partition coefficient (Wildman–Crippen LogP) is 2.94. The van der Waals surface area contributed by atoms with E-state index in [1.54, 1.807) is 12.1 Å². The van der Waals surface area contributed by atoms with Crippen LogP contribution in [0.3, 0.4) is 0 Å². The lowest BCUT2D eigenvalue weighted by molar-refractivity contribution is 0.0699. The number of fused-ring (bicyclic) bond motifs is 1. The van der Waals surface area contributed by atoms with Gasteiger partial charge in [-0.2, -0.15) is 0 Å². The van der Waals surface area contributed by atoms with E-state index in [4.69, 9.17) is 0 Å². The Labute approximate surface area is 121 Å².